The summed E-state index contributed by atoms with van der Waals surface area (Å²) in [6.45, 7) is 1.74. The van der Waals surface area contributed by atoms with Gasteiger partial charge in [0.25, 0.3) is 0 Å². The molecule has 1 aromatic rings. The molecule has 22 heavy (non-hydrogen) atoms. The van der Waals surface area contributed by atoms with Gasteiger partial charge in [0.2, 0.25) is 5.91 Å². The first-order chi connectivity index (χ1) is 10.5. The highest BCUT2D eigenvalue weighted by Crippen LogP contribution is 2.20. The Morgan fingerprint density at radius 3 is 2.64 bits per heavy atom. The fourth-order valence-electron chi connectivity index (χ4n) is 2.73. The Kier molecular flexibility index (Phi) is 5.79. The van der Waals surface area contributed by atoms with Crippen LogP contribution in [0.4, 0.5) is 4.79 Å². The molecule has 3 N–H and O–H groups in total. The number of carbonyl (C=O) groups excluding carboxylic acids is 2. The summed E-state index contributed by atoms with van der Waals surface area (Å²) in [7, 11) is 4.01. The number of rotatable bonds is 5. The molecule has 122 valence electrons. The summed E-state index contributed by atoms with van der Waals surface area (Å²) in [4.78, 5) is 27.3. The highest BCUT2D eigenvalue weighted by atomic mass is 32.1. The van der Waals surface area contributed by atoms with Gasteiger partial charge in [-0.25, -0.2) is 4.79 Å². The normalized spacial score (nSPS) is 17.5. The van der Waals surface area contributed by atoms with Crippen LogP contribution in [0.1, 0.15) is 24.4 Å². The van der Waals surface area contributed by atoms with Crippen LogP contribution in [-0.2, 0) is 4.79 Å². The number of hydrogen-bond donors (Lipinski definition) is 2. The molecule has 0 bridgehead atoms. The van der Waals surface area contributed by atoms with Crippen LogP contribution in [0.15, 0.2) is 16.8 Å². The number of likely N-dealkylation sites (tertiary alicyclic amines) is 1. The minimum Gasteiger partial charge on any atom is -0.369 e. The second-order valence-electron chi connectivity index (χ2n) is 5.89. The zero-order chi connectivity index (χ0) is 16.1. The van der Waals surface area contributed by atoms with E-state index in [1.54, 1.807) is 16.2 Å². The molecule has 1 aliphatic heterocycles. The molecule has 2 rings (SSSR count). The second kappa shape index (κ2) is 7.60. The molecule has 0 radical (unpaired) electrons. The highest BCUT2D eigenvalue weighted by molar-refractivity contribution is 7.07. The van der Waals surface area contributed by atoms with Crippen LogP contribution in [0.2, 0.25) is 0 Å². The predicted octanol–water partition coefficient (Wildman–Crippen LogP) is 1.26. The lowest BCUT2D eigenvalue weighted by atomic mass is 9.96. The van der Waals surface area contributed by atoms with Crippen molar-refractivity contribution in [3.05, 3.63) is 22.4 Å². The smallest absolute Gasteiger partial charge is 0.317 e. The Hall–Kier alpha value is -1.60. The van der Waals surface area contributed by atoms with Crippen molar-refractivity contribution >= 4 is 23.3 Å². The van der Waals surface area contributed by atoms with E-state index in [1.807, 2.05) is 19.5 Å². The molecule has 0 aromatic carbocycles. The standard InChI is InChI=1S/C15H24N4O2S/c1-18(2)13(12-5-8-22-10-12)9-17-15(21)19-6-3-11(4-7-19)14(16)20/h5,8,10-11,13H,3-4,6-7,9H2,1-2H3,(H2,16,20)(H,17,21)/t13-/m1/s1. The Balaban J connectivity index is 1.83. The van der Waals surface area contributed by atoms with Crippen molar-refractivity contribution in [1.29, 1.82) is 0 Å². The zero-order valence-corrected chi connectivity index (χ0v) is 13.9. The lowest BCUT2D eigenvalue weighted by molar-refractivity contribution is -0.123. The molecule has 1 aromatic heterocycles. The largest absolute Gasteiger partial charge is 0.369 e. The van der Waals surface area contributed by atoms with Crippen molar-refractivity contribution in [2.24, 2.45) is 11.7 Å². The topological polar surface area (TPSA) is 78.7 Å². The molecule has 0 saturated carbocycles. The van der Waals surface area contributed by atoms with E-state index in [4.69, 9.17) is 5.73 Å². The van der Waals surface area contributed by atoms with Crippen molar-refractivity contribution in [2.75, 3.05) is 33.7 Å². The first-order valence-corrected chi connectivity index (χ1v) is 8.44. The molecular formula is C15H24N4O2S. The van der Waals surface area contributed by atoms with Gasteiger partial charge in [0.1, 0.15) is 0 Å². The van der Waals surface area contributed by atoms with E-state index in [-0.39, 0.29) is 23.9 Å². The maximum absolute atomic E-state index is 12.3. The maximum Gasteiger partial charge on any atom is 0.317 e. The SMILES string of the molecule is CN(C)[C@H](CNC(=O)N1CCC(C(N)=O)CC1)c1ccsc1. The minimum atomic E-state index is -0.259. The number of thiophene rings is 1. The third-order valence-corrected chi connectivity index (χ3v) is 4.88. The van der Waals surface area contributed by atoms with Crippen molar-refractivity contribution in [3.63, 3.8) is 0 Å². The average molecular weight is 324 g/mol. The van der Waals surface area contributed by atoms with Gasteiger partial charge in [0.05, 0.1) is 6.04 Å². The summed E-state index contributed by atoms with van der Waals surface area (Å²) in [6.07, 6.45) is 1.31. The van der Waals surface area contributed by atoms with Crippen LogP contribution in [0, 0.1) is 5.92 Å². The minimum absolute atomic E-state index is 0.0648. The molecule has 1 atom stereocenters. The molecular weight excluding hydrogens is 300 g/mol. The Morgan fingerprint density at radius 1 is 1.45 bits per heavy atom. The van der Waals surface area contributed by atoms with Crippen LogP contribution >= 0.6 is 11.3 Å². The molecule has 0 spiro atoms. The van der Waals surface area contributed by atoms with Crippen molar-refractivity contribution in [3.8, 4) is 0 Å². The summed E-state index contributed by atoms with van der Waals surface area (Å²) in [5.74, 6) is -0.352. The fourth-order valence-corrected chi connectivity index (χ4v) is 3.43. The number of amides is 3. The summed E-state index contributed by atoms with van der Waals surface area (Å²) in [6, 6.07) is 2.18. The quantitative estimate of drug-likeness (QED) is 0.856. The van der Waals surface area contributed by atoms with Gasteiger partial charge in [-0.2, -0.15) is 11.3 Å². The number of primary amides is 1. The lowest BCUT2D eigenvalue weighted by Gasteiger charge is -2.32. The molecule has 1 saturated heterocycles. The second-order valence-corrected chi connectivity index (χ2v) is 6.67. The van der Waals surface area contributed by atoms with Crippen LogP contribution < -0.4 is 11.1 Å². The highest BCUT2D eigenvalue weighted by Gasteiger charge is 2.26. The molecule has 1 aliphatic rings. The number of nitrogens with two attached hydrogens (primary N) is 1. The summed E-state index contributed by atoms with van der Waals surface area (Å²) in [5, 5.41) is 7.15. The number of likely N-dealkylation sites (N-methyl/N-ethyl adjacent to an activating group) is 1. The molecule has 1 fully saturated rings. The van der Waals surface area contributed by atoms with E-state index in [0.29, 0.717) is 32.5 Å². The van der Waals surface area contributed by atoms with E-state index < -0.39 is 0 Å². The third kappa shape index (κ3) is 4.20. The number of urea groups is 1. The maximum atomic E-state index is 12.3. The molecule has 0 aliphatic carbocycles. The molecule has 0 unspecified atom stereocenters. The van der Waals surface area contributed by atoms with Crippen molar-refractivity contribution < 1.29 is 9.59 Å². The number of carbonyl (C=O) groups is 2. The molecule has 7 heteroatoms. The fraction of sp³-hybridized carbons (Fsp3) is 0.600. The Morgan fingerprint density at radius 2 is 2.14 bits per heavy atom. The molecule has 3 amide bonds. The third-order valence-electron chi connectivity index (χ3n) is 4.18. The van der Waals surface area contributed by atoms with Gasteiger partial charge in [0, 0.05) is 25.6 Å². The zero-order valence-electron chi connectivity index (χ0n) is 13.1. The van der Waals surface area contributed by atoms with Crippen molar-refractivity contribution in [1.82, 2.24) is 15.1 Å². The van der Waals surface area contributed by atoms with E-state index in [9.17, 15) is 9.59 Å². The lowest BCUT2D eigenvalue weighted by Crippen LogP contribution is -2.47. The number of piperidine rings is 1. The van der Waals surface area contributed by atoms with Gasteiger partial charge >= 0.3 is 6.03 Å². The Labute approximate surface area is 135 Å². The first-order valence-electron chi connectivity index (χ1n) is 7.49. The van der Waals surface area contributed by atoms with Crippen LogP contribution in [0.3, 0.4) is 0 Å². The van der Waals surface area contributed by atoms with Gasteiger partial charge < -0.3 is 20.9 Å². The van der Waals surface area contributed by atoms with E-state index in [2.05, 4.69) is 21.7 Å². The summed E-state index contributed by atoms with van der Waals surface area (Å²) >= 11 is 1.66. The van der Waals surface area contributed by atoms with Gasteiger partial charge in [-0.05, 0) is 49.3 Å². The van der Waals surface area contributed by atoms with Gasteiger partial charge in [-0.3, -0.25) is 4.79 Å². The van der Waals surface area contributed by atoms with Gasteiger partial charge in [-0.1, -0.05) is 0 Å². The molecule has 2 heterocycles. The van der Waals surface area contributed by atoms with Crippen LogP contribution in [0.25, 0.3) is 0 Å². The van der Waals surface area contributed by atoms with E-state index >= 15 is 0 Å². The van der Waals surface area contributed by atoms with E-state index in [0.717, 1.165) is 0 Å². The number of hydrogen-bond acceptors (Lipinski definition) is 4. The first kappa shape index (κ1) is 16.8. The summed E-state index contributed by atoms with van der Waals surface area (Å²) < 4.78 is 0. The Bertz CT molecular complexity index is 496. The summed E-state index contributed by atoms with van der Waals surface area (Å²) in [5.41, 5.74) is 6.52. The van der Waals surface area contributed by atoms with E-state index in [1.165, 1.54) is 5.56 Å². The van der Waals surface area contributed by atoms with Crippen molar-refractivity contribution in [2.45, 2.75) is 18.9 Å². The average Bonchev–Trinajstić information content (AvgIpc) is 3.01. The molecule has 6 nitrogen and oxygen atoms in total. The predicted molar refractivity (Wildman–Crippen MR) is 87.6 cm³/mol. The van der Waals surface area contributed by atoms with Gasteiger partial charge in [0.15, 0.2) is 0 Å². The number of nitrogens with zero attached hydrogens (tertiary/aromatic N) is 2. The monoisotopic (exact) mass is 324 g/mol. The number of nitrogens with one attached hydrogen (secondary N) is 1. The van der Waals surface area contributed by atoms with Crippen LogP contribution in [-0.4, -0.2) is 55.5 Å². The van der Waals surface area contributed by atoms with Crippen LogP contribution in [0.5, 0.6) is 0 Å². The van der Waals surface area contributed by atoms with Gasteiger partial charge in [-0.15, -0.1) is 0 Å².